The van der Waals surface area contributed by atoms with Gasteiger partial charge in [0.1, 0.15) is 22.7 Å². The van der Waals surface area contributed by atoms with E-state index in [1.807, 2.05) is 28.2 Å². The van der Waals surface area contributed by atoms with Crippen LogP contribution in [0.5, 0.6) is 11.5 Å². The molecule has 6 rings (SSSR count). The summed E-state index contributed by atoms with van der Waals surface area (Å²) < 4.78 is 82.5. The number of likely N-dealkylation sites (N-methyl/N-ethyl adjacent to an activating group) is 1. The first-order valence-corrected chi connectivity index (χ1v) is 23.9. The zero-order valence-electron chi connectivity index (χ0n) is 39.0. The van der Waals surface area contributed by atoms with Crippen molar-refractivity contribution in [1.29, 1.82) is 0 Å². The van der Waals surface area contributed by atoms with E-state index in [2.05, 4.69) is 52.2 Å². The summed E-state index contributed by atoms with van der Waals surface area (Å²) in [6.07, 6.45) is -6.75. The maximum absolute atomic E-state index is 13.3. The number of nitrogens with zero attached hydrogens (tertiary/aromatic N) is 4. The second-order valence-electron chi connectivity index (χ2n) is 16.5. The van der Waals surface area contributed by atoms with E-state index >= 15 is 0 Å². The molecule has 0 saturated carbocycles. The normalized spacial score (nSPS) is 15.0. The zero-order chi connectivity index (χ0) is 51.8. The maximum atomic E-state index is 13.3. The van der Waals surface area contributed by atoms with E-state index in [4.69, 9.17) is 34.0 Å². The van der Waals surface area contributed by atoms with Gasteiger partial charge in [-0.05, 0) is 56.3 Å². The number of carboxylic acid groups (broad SMARTS) is 2. The quantitative estimate of drug-likeness (QED) is 0.0546. The lowest BCUT2D eigenvalue weighted by atomic mass is 9.89. The van der Waals surface area contributed by atoms with E-state index in [0.29, 0.717) is 95.5 Å². The maximum Gasteiger partial charge on any atom is 0.490 e. The van der Waals surface area contributed by atoms with Crippen molar-refractivity contribution in [3.63, 3.8) is 0 Å². The van der Waals surface area contributed by atoms with E-state index in [0.717, 1.165) is 76.0 Å². The predicted molar refractivity (Wildman–Crippen MR) is 248 cm³/mol. The first-order valence-electron chi connectivity index (χ1n) is 22.2. The first kappa shape index (κ1) is 57.2. The second-order valence-corrected chi connectivity index (χ2v) is 18.4. The summed E-state index contributed by atoms with van der Waals surface area (Å²) in [6, 6.07) is 9.72. The molecule has 17 nitrogen and oxygen atoms in total. The molecule has 0 radical (unpaired) electrons. The molecule has 0 unspecified atom stereocenters. The minimum atomic E-state index is -5.08. The highest BCUT2D eigenvalue weighted by atomic mass is 32.1. The molecular formula is C45H58F6N6O11S2. The van der Waals surface area contributed by atoms with Crippen molar-refractivity contribution in [1.82, 2.24) is 30.0 Å². The van der Waals surface area contributed by atoms with Crippen LogP contribution in [0.25, 0.3) is 10.2 Å². The third kappa shape index (κ3) is 16.9. The molecule has 5 N–H and O–H groups in total. The summed E-state index contributed by atoms with van der Waals surface area (Å²) in [5, 5.41) is 30.5. The average Bonchev–Trinajstić information content (AvgIpc) is 3.97. The minimum Gasteiger partial charge on any atom is -0.506 e. The highest BCUT2D eigenvalue weighted by molar-refractivity contribution is 7.16. The molecule has 2 saturated heterocycles. The van der Waals surface area contributed by atoms with Crippen molar-refractivity contribution in [3.8, 4) is 11.5 Å². The van der Waals surface area contributed by atoms with Crippen molar-refractivity contribution in [2.75, 3.05) is 79.3 Å². The summed E-state index contributed by atoms with van der Waals surface area (Å²) in [5.74, 6) is -4.18. The fraction of sp³-hybridized carbons (Fsp3) is 0.556. The molecule has 2 aromatic carbocycles. The lowest BCUT2D eigenvalue weighted by Gasteiger charge is -2.47. The van der Waals surface area contributed by atoms with Gasteiger partial charge < -0.3 is 49.6 Å². The van der Waals surface area contributed by atoms with Crippen LogP contribution in [0.4, 0.5) is 26.3 Å². The number of benzene rings is 2. The predicted octanol–water partition coefficient (Wildman–Crippen LogP) is 6.29. The highest BCUT2D eigenvalue weighted by Crippen LogP contribution is 2.34. The topological polar surface area (TPSA) is 224 Å². The van der Waals surface area contributed by atoms with Crippen LogP contribution < -0.4 is 14.9 Å². The molecule has 2 aromatic heterocycles. The number of ether oxygens (including phenoxy) is 3. The molecule has 2 aliphatic heterocycles. The number of H-pyrrole nitrogens is 1. The van der Waals surface area contributed by atoms with E-state index in [-0.39, 0.29) is 28.0 Å². The Labute approximate surface area is 407 Å². The summed E-state index contributed by atoms with van der Waals surface area (Å²) in [6.45, 7) is 13.8. The number of piperidine rings is 1. The van der Waals surface area contributed by atoms with Gasteiger partial charge in [0.15, 0.2) is 0 Å². The van der Waals surface area contributed by atoms with Gasteiger partial charge in [-0.25, -0.2) is 14.6 Å². The van der Waals surface area contributed by atoms with Gasteiger partial charge >= 0.3 is 29.2 Å². The number of morpholine rings is 1. The molecule has 2 amide bonds. The Bertz CT molecular complexity index is 2390. The number of phenols is 1. The standard InChI is InChI=1S/C41H56N6O7S2.2C2HF3O2/c1-5-46(20-17-42-16-11-30-9-10-33(48)35-37(30)56-40(51)44-35)34(49)13-23-53-22-12-29-7-6-8-31(36(29)52-4)25-45-18-14-41(15-19-45)27-47(21-24-54-41)39(50)32-26-55-38(43-32)28(2)3;2*3-2(4,5)1(6)7/h6-10,26,28,42,48H,5,11-25,27H2,1-4H3,(H,44,51);2*(H,6,7). The summed E-state index contributed by atoms with van der Waals surface area (Å²) in [4.78, 5) is 69.2. The van der Waals surface area contributed by atoms with Gasteiger partial charge in [-0.1, -0.05) is 49.4 Å². The fourth-order valence-electron chi connectivity index (χ4n) is 7.61. The molecule has 0 aliphatic carbocycles. The van der Waals surface area contributed by atoms with Crippen LogP contribution in [0.2, 0.25) is 0 Å². The number of carboxylic acids is 2. The lowest BCUT2D eigenvalue weighted by Crippen LogP contribution is -2.58. The van der Waals surface area contributed by atoms with Gasteiger partial charge in [0.2, 0.25) is 5.91 Å². The number of methoxy groups -OCH3 is 1. The molecule has 0 atom stereocenters. The van der Waals surface area contributed by atoms with Crippen LogP contribution in [0.15, 0.2) is 40.5 Å². The summed E-state index contributed by atoms with van der Waals surface area (Å²) in [5.41, 5.74) is 3.92. The number of aromatic nitrogens is 2. The number of nitrogens with one attached hydrogen (secondary N) is 2. The SMILES string of the molecule is CCN(CCNCCc1ccc(O)c2[nH]c(=O)sc12)C(=O)CCOCCc1cccc(CN2CCC3(CC2)CN(C(=O)c2csc(C(C)C)n2)CCO3)c1OC.O=C(O)C(F)(F)F.O=C(O)C(F)(F)F. The van der Waals surface area contributed by atoms with Gasteiger partial charge in [-0.2, -0.15) is 26.3 Å². The molecule has 70 heavy (non-hydrogen) atoms. The number of thiazole rings is 2. The van der Waals surface area contributed by atoms with Gasteiger partial charge in [0, 0.05) is 62.7 Å². The number of amides is 2. The number of halogens is 6. The highest BCUT2D eigenvalue weighted by Gasteiger charge is 2.42. The number of para-hydroxylation sites is 1. The van der Waals surface area contributed by atoms with Crippen LogP contribution in [-0.4, -0.2) is 161 Å². The molecule has 1 spiro atoms. The third-order valence-electron chi connectivity index (χ3n) is 11.3. The van der Waals surface area contributed by atoms with Gasteiger partial charge in [0.05, 0.1) is 55.2 Å². The Morgan fingerprint density at radius 3 is 2.21 bits per heavy atom. The van der Waals surface area contributed by atoms with E-state index < -0.39 is 24.3 Å². The Balaban J connectivity index is 0.000000664. The number of phenolic OH excluding ortho intramolecular Hbond substituents is 1. The van der Waals surface area contributed by atoms with Crippen LogP contribution in [-0.2, 0) is 43.2 Å². The van der Waals surface area contributed by atoms with Gasteiger partial charge in [-0.15, -0.1) is 11.3 Å². The summed E-state index contributed by atoms with van der Waals surface area (Å²) >= 11 is 2.66. The van der Waals surface area contributed by atoms with Gasteiger partial charge in [0.25, 0.3) is 5.91 Å². The van der Waals surface area contributed by atoms with Crippen LogP contribution >= 0.6 is 22.7 Å². The Hall–Kier alpha value is -5.34. The number of rotatable bonds is 18. The van der Waals surface area contributed by atoms with Gasteiger partial charge in [-0.3, -0.25) is 19.3 Å². The number of alkyl halides is 6. The molecule has 0 bridgehead atoms. The molecular weight excluding hydrogens is 979 g/mol. The fourth-order valence-corrected chi connectivity index (χ4v) is 9.31. The molecule has 2 fully saturated rings. The van der Waals surface area contributed by atoms with Crippen molar-refractivity contribution in [2.24, 2.45) is 0 Å². The number of aliphatic carboxylic acids is 2. The Morgan fingerprint density at radius 1 is 0.957 bits per heavy atom. The first-order chi connectivity index (χ1) is 33.0. The van der Waals surface area contributed by atoms with E-state index in [1.54, 1.807) is 24.5 Å². The van der Waals surface area contributed by atoms with Crippen LogP contribution in [0, 0.1) is 0 Å². The largest absolute Gasteiger partial charge is 0.506 e. The number of aromatic amines is 1. The van der Waals surface area contributed by atoms with Crippen molar-refractivity contribution in [3.05, 3.63) is 72.8 Å². The molecule has 4 aromatic rings. The Morgan fingerprint density at radius 2 is 1.61 bits per heavy atom. The van der Waals surface area contributed by atoms with Crippen molar-refractivity contribution in [2.45, 2.75) is 83.3 Å². The van der Waals surface area contributed by atoms with Crippen LogP contribution in [0.3, 0.4) is 0 Å². The molecule has 25 heteroatoms. The number of likely N-dealkylation sites (tertiary alicyclic amines) is 1. The number of carbonyl (C=O) groups is 4. The summed E-state index contributed by atoms with van der Waals surface area (Å²) in [7, 11) is 1.72. The van der Waals surface area contributed by atoms with E-state index in [1.165, 1.54) is 0 Å². The molecule has 2 aliphatic rings. The Kier molecular flexibility index (Phi) is 21.4. The van der Waals surface area contributed by atoms with Crippen molar-refractivity contribution >= 4 is 56.6 Å². The average molecular weight is 1040 g/mol. The monoisotopic (exact) mass is 1040 g/mol. The smallest absolute Gasteiger partial charge is 0.490 e. The molecule has 388 valence electrons. The number of aromatic hydroxyl groups is 1. The number of fused-ring (bicyclic) bond motifs is 1. The van der Waals surface area contributed by atoms with E-state index in [9.17, 15) is 45.8 Å². The second kappa shape index (κ2) is 26.2. The third-order valence-corrected chi connectivity index (χ3v) is 13.4. The number of carbonyl (C=O) groups excluding carboxylic acids is 2. The minimum absolute atomic E-state index is 0.00312. The van der Waals surface area contributed by atoms with Crippen molar-refractivity contribution < 1.29 is 75.1 Å². The number of hydrogen-bond donors (Lipinski definition) is 5. The zero-order valence-corrected chi connectivity index (χ0v) is 40.7. The van der Waals surface area contributed by atoms with Crippen LogP contribution in [0.1, 0.15) is 78.1 Å². The molecule has 4 heterocycles. The lowest BCUT2D eigenvalue weighted by molar-refractivity contribution is -0.193. The number of hydrogen-bond acceptors (Lipinski definition) is 14.